The van der Waals surface area contributed by atoms with Gasteiger partial charge in [0.05, 0.1) is 55.8 Å². The SMILES string of the molecule is CCC(C)c1c[c-]c(-c2nccn2-c2c(C)cc(C)cc2C)cc1.CCC(C)c1cccc(-n2c3ccccc3c3cc(-c4ccc5oc6ccc(-n7c8ccccc8c8ccccc87)cc6c5c4)ccc32)c1.CCC(C)c1cccc(-n2c3ccccc3c3cc(-c4ccc5sc6ccc(-c7cccc(-n8c9ccccc9c9ccccc98)c7)cc6c5c4)ccc32)c1.Cc1cc(C)c(-n2ccnc2-c2[c-]cccc2)c(C)c1.[Ir]. The van der Waals surface area contributed by atoms with Gasteiger partial charge in [-0.3, -0.25) is 9.97 Å². The van der Waals surface area contributed by atoms with E-state index in [1.54, 1.807) is 0 Å². The summed E-state index contributed by atoms with van der Waals surface area (Å²) in [6, 6.07) is 151. The molecule has 8 aromatic heterocycles. The normalized spacial score (nSPS) is 12.2. The summed E-state index contributed by atoms with van der Waals surface area (Å²) < 4.78 is 23.0. The van der Waals surface area contributed by atoms with Gasteiger partial charge < -0.3 is 31.8 Å². The molecule has 0 aliphatic heterocycles. The van der Waals surface area contributed by atoms with Gasteiger partial charge in [-0.25, -0.2) is 0 Å². The molecule has 11 heteroatoms. The van der Waals surface area contributed by atoms with Crippen LogP contribution < -0.4 is 0 Å². The Labute approximate surface area is 887 Å². The van der Waals surface area contributed by atoms with Crippen LogP contribution in [0.25, 0.3) is 220 Å². The van der Waals surface area contributed by atoms with E-state index in [1.807, 2.05) is 60.4 Å². The summed E-state index contributed by atoms with van der Waals surface area (Å²) in [6.07, 6.45) is 11.2. The summed E-state index contributed by atoms with van der Waals surface area (Å²) in [5, 5.41) is 15.0. The summed E-state index contributed by atoms with van der Waals surface area (Å²) in [6.45, 7) is 26.5. The Morgan fingerprint density at radius 2 is 0.611 bits per heavy atom. The van der Waals surface area contributed by atoms with Crippen molar-refractivity contribution in [2.45, 2.75) is 120 Å². The van der Waals surface area contributed by atoms with Crippen LogP contribution in [-0.4, -0.2) is 37.4 Å². The van der Waals surface area contributed by atoms with E-state index in [0.717, 1.165) is 69.7 Å². The number of fused-ring (bicyclic) bond motifs is 18. The first-order valence-corrected chi connectivity index (χ1v) is 52.8. The van der Waals surface area contributed by atoms with Gasteiger partial charge in [-0.2, -0.15) is 0 Å². The maximum atomic E-state index is 6.39. The molecule has 3 atom stereocenters. The predicted octanol–water partition coefficient (Wildman–Crippen LogP) is 38.1. The number of aromatic nitrogens is 8. The summed E-state index contributed by atoms with van der Waals surface area (Å²) in [5.74, 6) is 3.49. The minimum atomic E-state index is 0. The molecule has 149 heavy (non-hydrogen) atoms. The smallest absolute Gasteiger partial charge is 0.135 e. The van der Waals surface area contributed by atoms with Crippen molar-refractivity contribution >= 4 is 141 Å². The fraction of sp³-hybridized carbons (Fsp3) is 0.130. The van der Waals surface area contributed by atoms with Gasteiger partial charge in [0, 0.05) is 153 Å². The standard InChI is InChI=1S/C52H38N2S.C46H34N2O.C22H25N2.C18H17N2.Ir/c1-3-33(2)34-12-10-14-39(28-34)54-49-21-9-6-18-43(49)44-30-36(22-25-50(44)54)38-24-27-52-46(32-38)45-31-37(23-26-51(45)55-52)35-13-11-15-40(29-35)53-47-19-7-4-16-41(47)42-17-5-8-20-48(42)53;1-3-29(2)30-11-10-12-33(25-30)47-43-18-9-6-15-37(43)38-26-31(19-22-44(38)47)32-20-23-45-39(27-32)40-28-34(21-24-46(40)49-45)48-41-16-7-4-13-35(41)36-14-5-8-17-42(36)48;1-6-16(3)19-7-9-20(10-8-19)22-23-11-12-24(22)21-17(4)13-15(2)14-18(21)5;1-13-11-14(2)17(15(3)12-13)20-10-9-19-18(20)16-7-5-4-6-8-16;/h4-33H,3H2,1-2H3;4-29H,3H2,1-2H3;7-9,11-14,16H,6H2,1-5H3;4-7,9-12H,1-3H3;/q;;2*-1;. The zero-order valence-corrected chi connectivity index (χ0v) is 89.1. The van der Waals surface area contributed by atoms with Crippen LogP contribution in [0.2, 0.25) is 0 Å². The van der Waals surface area contributed by atoms with Crippen molar-refractivity contribution in [3.63, 3.8) is 0 Å². The molecule has 0 saturated heterocycles. The fourth-order valence-corrected chi connectivity index (χ4v) is 23.9. The van der Waals surface area contributed by atoms with E-state index in [4.69, 9.17) is 4.42 Å². The van der Waals surface area contributed by atoms with Crippen LogP contribution in [0.3, 0.4) is 0 Å². The topological polar surface area (TPSA) is 68.5 Å². The van der Waals surface area contributed by atoms with Gasteiger partial charge in [-0.05, 0) is 285 Å². The van der Waals surface area contributed by atoms with Crippen LogP contribution in [0.15, 0.2) is 424 Å². The summed E-state index contributed by atoms with van der Waals surface area (Å²) in [4.78, 5) is 9.09. The zero-order chi connectivity index (χ0) is 101. The molecule has 0 aliphatic rings. The maximum Gasteiger partial charge on any atom is 0.135 e. The van der Waals surface area contributed by atoms with Crippen molar-refractivity contribution in [3.05, 3.63) is 481 Å². The van der Waals surface area contributed by atoms with Crippen LogP contribution >= 0.6 is 11.3 Å². The quantitative estimate of drug-likeness (QED) is 0.0853. The fourth-order valence-electron chi connectivity index (χ4n) is 22.8. The Morgan fingerprint density at radius 3 is 1.02 bits per heavy atom. The third kappa shape index (κ3) is 17.6. The molecule has 0 amide bonds. The van der Waals surface area contributed by atoms with Gasteiger partial charge >= 0.3 is 0 Å². The molecule has 8 heterocycles. The molecule has 27 aromatic rings. The molecule has 0 N–H and O–H groups in total. The molecule has 729 valence electrons. The Bertz CT molecular complexity index is 9640. The second-order valence-corrected chi connectivity index (χ2v) is 41.2. The molecule has 1 radical (unpaired) electrons. The minimum absolute atomic E-state index is 0. The van der Waals surface area contributed by atoms with Gasteiger partial charge in [-0.15, -0.1) is 82.6 Å². The van der Waals surface area contributed by atoms with Crippen molar-refractivity contribution in [2.24, 2.45) is 0 Å². The van der Waals surface area contributed by atoms with E-state index in [0.29, 0.717) is 17.8 Å². The van der Waals surface area contributed by atoms with Crippen LogP contribution in [0.5, 0.6) is 0 Å². The van der Waals surface area contributed by atoms with E-state index in [2.05, 4.69) is 503 Å². The van der Waals surface area contributed by atoms with Crippen LogP contribution in [-0.2, 0) is 20.1 Å². The monoisotopic (exact) mass is 2120 g/mol. The predicted molar refractivity (Wildman–Crippen MR) is 627 cm³/mol. The van der Waals surface area contributed by atoms with E-state index in [9.17, 15) is 0 Å². The van der Waals surface area contributed by atoms with Gasteiger partial charge in [-0.1, -0.05) is 265 Å². The molecule has 0 spiro atoms. The molecular formula is C138H114IrN8OS-2. The van der Waals surface area contributed by atoms with Crippen molar-refractivity contribution in [2.75, 3.05) is 0 Å². The minimum Gasteiger partial charge on any atom is -0.456 e. The second-order valence-electron chi connectivity index (χ2n) is 40.1. The van der Waals surface area contributed by atoms with Crippen molar-refractivity contribution in [1.82, 2.24) is 37.4 Å². The van der Waals surface area contributed by atoms with Crippen molar-refractivity contribution in [1.29, 1.82) is 0 Å². The summed E-state index contributed by atoms with van der Waals surface area (Å²) in [7, 11) is 0. The maximum absolute atomic E-state index is 6.39. The van der Waals surface area contributed by atoms with E-state index in [1.165, 1.54) is 219 Å². The largest absolute Gasteiger partial charge is 0.456 e. The number of imidazole rings is 2. The van der Waals surface area contributed by atoms with E-state index < -0.39 is 0 Å². The molecule has 0 saturated carbocycles. The number of rotatable bonds is 17. The average molecular weight is 2120 g/mol. The number of thiophene rings is 1. The second kappa shape index (κ2) is 40.4. The van der Waals surface area contributed by atoms with Crippen molar-refractivity contribution in [3.8, 4) is 90.3 Å². The van der Waals surface area contributed by atoms with E-state index in [-0.39, 0.29) is 20.1 Å². The number of benzene rings is 19. The summed E-state index contributed by atoms with van der Waals surface area (Å²) in [5.41, 5.74) is 39.8. The number of nitrogens with zero attached hydrogens (tertiary/aromatic N) is 8. The van der Waals surface area contributed by atoms with Crippen molar-refractivity contribution < 1.29 is 24.5 Å². The van der Waals surface area contributed by atoms with Gasteiger partial charge in [0.2, 0.25) is 0 Å². The molecule has 0 fully saturated rings. The molecular weight excluding hydrogens is 2010 g/mol. The first-order chi connectivity index (χ1) is 72.5. The molecule has 0 bridgehead atoms. The number of hydrogen-bond acceptors (Lipinski definition) is 4. The molecule has 27 rings (SSSR count). The number of furan rings is 1. The van der Waals surface area contributed by atoms with Gasteiger partial charge in [0.1, 0.15) is 11.2 Å². The molecule has 9 nitrogen and oxygen atoms in total. The Balaban J connectivity index is 0.000000118. The number of para-hydroxylation sites is 6. The first-order valence-electron chi connectivity index (χ1n) is 52.0. The van der Waals surface area contributed by atoms with Gasteiger partial charge in [0.15, 0.2) is 0 Å². The average Bonchev–Trinajstić information content (AvgIpc) is 1.59. The van der Waals surface area contributed by atoms with Crippen LogP contribution in [0.1, 0.15) is 129 Å². The zero-order valence-electron chi connectivity index (χ0n) is 85.9. The van der Waals surface area contributed by atoms with Crippen LogP contribution in [0, 0.1) is 53.7 Å². The Kier molecular flexibility index (Phi) is 26.0. The van der Waals surface area contributed by atoms with Crippen LogP contribution in [0.4, 0.5) is 0 Å². The van der Waals surface area contributed by atoms with Gasteiger partial charge in [0.25, 0.3) is 0 Å². The number of hydrogen-bond donors (Lipinski definition) is 0. The first kappa shape index (κ1) is 96.0. The third-order valence-electron chi connectivity index (χ3n) is 30.7. The molecule has 19 aromatic carbocycles. The number of aryl methyl sites for hydroxylation is 6. The summed E-state index contributed by atoms with van der Waals surface area (Å²) >= 11 is 1.88. The molecule has 0 aliphatic carbocycles. The van der Waals surface area contributed by atoms with E-state index >= 15 is 0 Å². The Hall–Kier alpha value is -16.5. The Morgan fingerprint density at radius 1 is 0.275 bits per heavy atom. The third-order valence-corrected chi connectivity index (χ3v) is 31.8. The molecule has 3 unspecified atom stereocenters.